The number of carbonyl (C=O) groups is 1. The topological polar surface area (TPSA) is 48.9 Å². The van der Waals surface area contributed by atoms with Crippen molar-refractivity contribution < 1.29 is 9.53 Å². The number of hydrogen-bond acceptors (Lipinski definition) is 6. The molecule has 1 fully saturated rings. The summed E-state index contributed by atoms with van der Waals surface area (Å²) in [7, 11) is 0. The van der Waals surface area contributed by atoms with Gasteiger partial charge in [0.2, 0.25) is 0 Å². The molecule has 0 atom stereocenters. The van der Waals surface area contributed by atoms with Gasteiger partial charge in [0.25, 0.3) is 0 Å². The van der Waals surface area contributed by atoms with Gasteiger partial charge in [-0.2, -0.15) is 0 Å². The first-order valence-corrected chi connectivity index (χ1v) is 13.0. The molecule has 0 radical (unpaired) electrons. The lowest BCUT2D eigenvalue weighted by molar-refractivity contribution is 0.0378. The quantitative estimate of drug-likeness (QED) is 0.291. The predicted octanol–water partition coefficient (Wildman–Crippen LogP) is 5.83. The number of ether oxygens (including phenoxy) is 1. The number of piperazine rings is 1. The van der Waals surface area contributed by atoms with Crippen LogP contribution in [0.5, 0.6) is 0 Å². The molecule has 1 aliphatic heterocycles. The lowest BCUT2D eigenvalue weighted by Gasteiger charge is -2.36. The number of halogens is 2. The largest absolute Gasteiger partial charge is 0.459 e. The van der Waals surface area contributed by atoms with Crippen molar-refractivity contribution in [1.82, 2.24) is 14.8 Å². The van der Waals surface area contributed by atoms with E-state index in [-0.39, 0.29) is 36.9 Å². The van der Waals surface area contributed by atoms with Gasteiger partial charge in [0.15, 0.2) is 0 Å². The summed E-state index contributed by atoms with van der Waals surface area (Å²) in [5.41, 5.74) is 4.57. The molecule has 1 aliphatic rings. The minimum absolute atomic E-state index is 0. The van der Waals surface area contributed by atoms with Crippen LogP contribution in [0, 0.1) is 0 Å². The molecule has 8 heteroatoms. The second kappa shape index (κ2) is 15.7. The number of carbonyl (C=O) groups excluding carboxylic acids is 1. The van der Waals surface area contributed by atoms with Crippen LogP contribution in [0.4, 0.5) is 5.82 Å². The molecule has 6 nitrogen and oxygen atoms in total. The Morgan fingerprint density at radius 3 is 2.08 bits per heavy atom. The number of aromatic nitrogens is 1. The Kier molecular flexibility index (Phi) is 13.0. The van der Waals surface area contributed by atoms with Crippen LogP contribution < -0.4 is 4.90 Å². The fourth-order valence-electron chi connectivity index (χ4n) is 4.59. The fourth-order valence-corrected chi connectivity index (χ4v) is 4.59. The van der Waals surface area contributed by atoms with Gasteiger partial charge in [-0.25, -0.2) is 9.78 Å². The summed E-state index contributed by atoms with van der Waals surface area (Å²) in [6, 6.07) is 23.3. The van der Waals surface area contributed by atoms with Crippen molar-refractivity contribution in [1.29, 1.82) is 0 Å². The van der Waals surface area contributed by atoms with Gasteiger partial charge in [0, 0.05) is 52.0 Å². The third-order valence-corrected chi connectivity index (χ3v) is 6.55. The van der Waals surface area contributed by atoms with E-state index in [9.17, 15) is 4.79 Å². The number of pyridine rings is 1. The lowest BCUT2D eigenvalue weighted by Crippen LogP contribution is -2.46. The van der Waals surface area contributed by atoms with Gasteiger partial charge in [-0.05, 0) is 49.2 Å². The molecule has 0 bridgehead atoms. The molecule has 0 aliphatic carbocycles. The van der Waals surface area contributed by atoms with Crippen LogP contribution in [0.25, 0.3) is 0 Å². The lowest BCUT2D eigenvalue weighted by atomic mass is 10.1. The molecule has 1 aromatic heterocycles. The zero-order valence-corrected chi connectivity index (χ0v) is 24.2. The number of rotatable bonds is 10. The molecule has 4 rings (SSSR count). The van der Waals surface area contributed by atoms with Crippen LogP contribution in [-0.2, 0) is 24.4 Å². The van der Waals surface area contributed by atoms with E-state index < -0.39 is 0 Å². The number of esters is 1. The molecule has 2 aromatic carbocycles. The van der Waals surface area contributed by atoms with Crippen LogP contribution in [0.1, 0.15) is 47.8 Å². The van der Waals surface area contributed by atoms with Crippen molar-refractivity contribution in [3.63, 3.8) is 0 Å². The highest BCUT2D eigenvalue weighted by molar-refractivity contribution is 5.94. The first-order valence-electron chi connectivity index (χ1n) is 13.0. The van der Waals surface area contributed by atoms with E-state index in [1.54, 1.807) is 18.3 Å². The van der Waals surface area contributed by atoms with E-state index in [1.807, 2.05) is 13.8 Å². The van der Waals surface area contributed by atoms with Crippen molar-refractivity contribution in [3.05, 3.63) is 95.2 Å². The summed E-state index contributed by atoms with van der Waals surface area (Å²) in [5.74, 6) is 0.421. The van der Waals surface area contributed by atoms with E-state index in [4.69, 9.17) is 4.74 Å². The number of hydrogen-bond donors (Lipinski definition) is 0. The summed E-state index contributed by atoms with van der Waals surface area (Å²) in [6.45, 7) is 13.4. The van der Waals surface area contributed by atoms with Crippen LogP contribution in [0.2, 0.25) is 0 Å². The van der Waals surface area contributed by atoms with Gasteiger partial charge in [-0.3, -0.25) is 9.80 Å². The average molecular weight is 560 g/mol. The maximum atomic E-state index is 12.5. The van der Waals surface area contributed by atoms with Gasteiger partial charge < -0.3 is 9.64 Å². The Bertz CT molecular complexity index is 1100. The smallest absolute Gasteiger partial charge is 0.342 e. The molecular weight excluding hydrogens is 519 g/mol. The first-order chi connectivity index (χ1) is 17.5. The molecule has 38 heavy (non-hydrogen) atoms. The summed E-state index contributed by atoms with van der Waals surface area (Å²) in [4.78, 5) is 24.2. The van der Waals surface area contributed by atoms with Crippen LogP contribution >= 0.6 is 24.8 Å². The highest BCUT2D eigenvalue weighted by atomic mass is 35.5. The van der Waals surface area contributed by atoms with Gasteiger partial charge >= 0.3 is 5.97 Å². The van der Waals surface area contributed by atoms with E-state index in [0.717, 1.165) is 58.2 Å². The van der Waals surface area contributed by atoms with Crippen molar-refractivity contribution in [3.8, 4) is 0 Å². The van der Waals surface area contributed by atoms with E-state index in [1.165, 1.54) is 16.7 Å². The summed E-state index contributed by atoms with van der Waals surface area (Å²) in [6.07, 6.45) is 1.59. The predicted molar refractivity (Wildman–Crippen MR) is 159 cm³/mol. The third kappa shape index (κ3) is 8.98. The molecule has 0 N–H and O–H groups in total. The average Bonchev–Trinajstić information content (AvgIpc) is 2.90. The van der Waals surface area contributed by atoms with Crippen molar-refractivity contribution in [2.24, 2.45) is 0 Å². The van der Waals surface area contributed by atoms with Crippen LogP contribution in [-0.4, -0.2) is 59.6 Å². The number of nitrogens with zero attached hydrogens (tertiary/aromatic N) is 4. The molecule has 3 aromatic rings. The molecule has 206 valence electrons. The monoisotopic (exact) mass is 558 g/mol. The number of anilines is 1. The number of benzene rings is 2. The van der Waals surface area contributed by atoms with Crippen LogP contribution in [0.3, 0.4) is 0 Å². The summed E-state index contributed by atoms with van der Waals surface area (Å²) in [5, 5.41) is 0. The maximum absolute atomic E-state index is 12.5. The minimum atomic E-state index is -0.305. The van der Waals surface area contributed by atoms with Gasteiger partial charge in [-0.1, -0.05) is 61.5 Å². The Morgan fingerprint density at radius 2 is 1.47 bits per heavy atom. The van der Waals surface area contributed by atoms with Gasteiger partial charge in [-0.15, -0.1) is 24.8 Å². The highest BCUT2D eigenvalue weighted by Gasteiger charge is 2.23. The Balaban J connectivity index is 0.00000253. The van der Waals surface area contributed by atoms with E-state index in [0.29, 0.717) is 5.56 Å². The van der Waals surface area contributed by atoms with Crippen LogP contribution in [0.15, 0.2) is 72.9 Å². The molecule has 2 heterocycles. The van der Waals surface area contributed by atoms with E-state index >= 15 is 0 Å². The first kappa shape index (κ1) is 31.6. The second-order valence-corrected chi connectivity index (χ2v) is 9.70. The Labute approximate surface area is 239 Å². The SMILES string of the molecule is CCN(Cc1ccccc1)Cc1ccc(CN2CCN(c3ncccc3C(=O)OC(C)C)CC2)cc1.Cl.Cl. The second-order valence-electron chi connectivity index (χ2n) is 9.70. The van der Waals surface area contributed by atoms with E-state index in [2.05, 4.69) is 81.2 Å². The molecular formula is C30H40Cl2N4O2. The van der Waals surface area contributed by atoms with Crippen molar-refractivity contribution in [2.45, 2.75) is 46.5 Å². The third-order valence-electron chi connectivity index (χ3n) is 6.55. The maximum Gasteiger partial charge on any atom is 0.342 e. The van der Waals surface area contributed by atoms with Crippen molar-refractivity contribution in [2.75, 3.05) is 37.6 Å². The Hall–Kier alpha value is -2.64. The normalized spacial score (nSPS) is 13.7. The summed E-state index contributed by atoms with van der Waals surface area (Å²) < 4.78 is 5.42. The molecule has 1 saturated heterocycles. The Morgan fingerprint density at radius 1 is 0.868 bits per heavy atom. The summed E-state index contributed by atoms with van der Waals surface area (Å²) >= 11 is 0. The molecule has 0 spiro atoms. The van der Waals surface area contributed by atoms with Crippen molar-refractivity contribution >= 4 is 36.6 Å². The van der Waals surface area contributed by atoms with Gasteiger partial charge in [0.05, 0.1) is 6.10 Å². The standard InChI is InChI=1S/C30H38N4O2.2ClH/c1-4-32(21-25-9-6-5-7-10-25)22-26-12-14-27(15-13-26)23-33-17-19-34(20-18-33)29-28(11-8-16-31-29)30(35)36-24(2)3;;/h5-16,24H,4,17-23H2,1-3H3;2*1H. The fraction of sp³-hybridized carbons (Fsp3) is 0.400. The molecule has 0 unspecified atom stereocenters. The molecule has 0 amide bonds. The molecule has 0 saturated carbocycles. The highest BCUT2D eigenvalue weighted by Crippen LogP contribution is 2.21. The van der Waals surface area contributed by atoms with Gasteiger partial charge in [0.1, 0.15) is 11.4 Å². The zero-order chi connectivity index (χ0) is 25.3. The zero-order valence-electron chi connectivity index (χ0n) is 22.6. The minimum Gasteiger partial charge on any atom is -0.459 e.